The molecular formula is C13H11ClFNO3S2. The molecule has 0 bridgehead atoms. The topological polar surface area (TPSA) is 63.2 Å². The summed E-state index contributed by atoms with van der Waals surface area (Å²) in [6.07, 6.45) is 0. The molecule has 21 heavy (non-hydrogen) atoms. The lowest BCUT2D eigenvalue weighted by Crippen LogP contribution is -2.23. The molecule has 0 saturated heterocycles. The summed E-state index contributed by atoms with van der Waals surface area (Å²) in [5.41, 5.74) is 0.904. The van der Waals surface area contributed by atoms with Gasteiger partial charge in [0.05, 0.1) is 6.54 Å². The van der Waals surface area contributed by atoms with Crippen molar-refractivity contribution in [2.24, 2.45) is 0 Å². The quantitative estimate of drug-likeness (QED) is 0.864. The Balaban J connectivity index is 2.08. The molecule has 1 aromatic carbocycles. The summed E-state index contributed by atoms with van der Waals surface area (Å²) in [4.78, 5) is 12.6. The van der Waals surface area contributed by atoms with Gasteiger partial charge in [-0.05, 0) is 36.8 Å². The van der Waals surface area contributed by atoms with Gasteiger partial charge in [0.2, 0.25) is 0 Å². The molecule has 0 spiro atoms. The van der Waals surface area contributed by atoms with Crippen molar-refractivity contribution in [2.75, 3.05) is 0 Å². The Morgan fingerprint density at radius 2 is 2.05 bits per heavy atom. The molecule has 0 saturated carbocycles. The molecule has 0 radical (unpaired) electrons. The SMILES string of the molecule is Cc1ccc(F)cc1C(=O)NCc1ccc(S(=O)(=O)Cl)s1. The molecule has 4 nitrogen and oxygen atoms in total. The molecule has 1 aromatic heterocycles. The van der Waals surface area contributed by atoms with Crippen LogP contribution in [0.15, 0.2) is 34.5 Å². The highest BCUT2D eigenvalue weighted by molar-refractivity contribution is 8.15. The molecule has 0 atom stereocenters. The first kappa shape index (κ1) is 15.9. The Labute approximate surface area is 130 Å². The molecule has 2 rings (SSSR count). The van der Waals surface area contributed by atoms with E-state index < -0.39 is 20.8 Å². The van der Waals surface area contributed by atoms with Gasteiger partial charge in [-0.25, -0.2) is 12.8 Å². The van der Waals surface area contributed by atoms with Gasteiger partial charge in [-0.3, -0.25) is 4.79 Å². The average molecular weight is 348 g/mol. The Kier molecular flexibility index (Phi) is 4.65. The second kappa shape index (κ2) is 6.13. The van der Waals surface area contributed by atoms with Gasteiger partial charge in [0.15, 0.2) is 0 Å². The standard InChI is InChI=1S/C13H11ClFNO3S2/c1-8-2-3-9(15)6-11(8)13(17)16-7-10-4-5-12(20-10)21(14,18)19/h2-6H,7H2,1H3,(H,16,17). The van der Waals surface area contributed by atoms with E-state index in [-0.39, 0.29) is 16.3 Å². The minimum atomic E-state index is -3.76. The number of hydrogen-bond donors (Lipinski definition) is 1. The summed E-state index contributed by atoms with van der Waals surface area (Å²) >= 11 is 0.976. The maximum atomic E-state index is 13.1. The lowest BCUT2D eigenvalue weighted by atomic mass is 10.1. The smallest absolute Gasteiger partial charge is 0.270 e. The molecule has 0 aliphatic carbocycles. The second-order valence-electron chi connectivity index (χ2n) is 4.30. The molecule has 0 unspecified atom stereocenters. The average Bonchev–Trinajstić information content (AvgIpc) is 2.87. The normalized spacial score (nSPS) is 11.4. The van der Waals surface area contributed by atoms with Crippen LogP contribution in [-0.2, 0) is 15.6 Å². The maximum Gasteiger partial charge on any atom is 0.270 e. The van der Waals surface area contributed by atoms with Crippen LogP contribution in [0, 0.1) is 12.7 Å². The number of hydrogen-bond acceptors (Lipinski definition) is 4. The van der Waals surface area contributed by atoms with E-state index >= 15 is 0 Å². The van der Waals surface area contributed by atoms with Gasteiger partial charge >= 0.3 is 0 Å². The van der Waals surface area contributed by atoms with Crippen LogP contribution in [0.3, 0.4) is 0 Å². The second-order valence-corrected chi connectivity index (χ2v) is 8.26. The first-order valence-corrected chi connectivity index (χ1v) is 8.97. The fourth-order valence-corrected chi connectivity index (χ4v) is 3.75. The number of nitrogens with one attached hydrogen (secondary N) is 1. The number of rotatable bonds is 4. The van der Waals surface area contributed by atoms with Crippen LogP contribution in [0.5, 0.6) is 0 Å². The number of halogens is 2. The fraction of sp³-hybridized carbons (Fsp3) is 0.154. The van der Waals surface area contributed by atoms with E-state index in [0.717, 1.165) is 17.4 Å². The summed E-state index contributed by atoms with van der Waals surface area (Å²) in [7, 11) is 1.47. The van der Waals surface area contributed by atoms with Crippen molar-refractivity contribution in [1.82, 2.24) is 5.32 Å². The summed E-state index contributed by atoms with van der Waals surface area (Å²) in [6.45, 7) is 1.85. The van der Waals surface area contributed by atoms with Crippen LogP contribution in [0.25, 0.3) is 0 Å². The summed E-state index contributed by atoms with van der Waals surface area (Å²) < 4.78 is 35.4. The Morgan fingerprint density at radius 1 is 1.33 bits per heavy atom. The maximum absolute atomic E-state index is 13.1. The van der Waals surface area contributed by atoms with Crippen molar-refractivity contribution in [1.29, 1.82) is 0 Å². The summed E-state index contributed by atoms with van der Waals surface area (Å²) in [6, 6.07) is 6.91. The molecule has 0 aliphatic rings. The van der Waals surface area contributed by atoms with Crippen LogP contribution in [0.2, 0.25) is 0 Å². The van der Waals surface area contributed by atoms with E-state index in [4.69, 9.17) is 10.7 Å². The molecule has 112 valence electrons. The Bertz CT molecular complexity index is 786. The van der Waals surface area contributed by atoms with E-state index in [2.05, 4.69) is 5.32 Å². The Hall–Kier alpha value is -1.44. The van der Waals surface area contributed by atoms with Crippen LogP contribution < -0.4 is 5.32 Å². The minimum absolute atomic E-state index is 0.0235. The van der Waals surface area contributed by atoms with Gasteiger partial charge < -0.3 is 5.32 Å². The molecule has 1 heterocycles. The van der Waals surface area contributed by atoms with Crippen molar-refractivity contribution in [3.63, 3.8) is 0 Å². The van der Waals surface area contributed by atoms with Gasteiger partial charge in [0.25, 0.3) is 15.0 Å². The number of aryl methyl sites for hydroxylation is 1. The van der Waals surface area contributed by atoms with Crippen molar-refractivity contribution in [2.45, 2.75) is 17.7 Å². The zero-order valence-corrected chi connectivity index (χ0v) is 13.3. The highest BCUT2D eigenvalue weighted by Crippen LogP contribution is 2.24. The minimum Gasteiger partial charge on any atom is -0.347 e. The van der Waals surface area contributed by atoms with E-state index in [1.807, 2.05) is 0 Å². The highest BCUT2D eigenvalue weighted by Gasteiger charge is 2.14. The molecule has 0 fully saturated rings. The largest absolute Gasteiger partial charge is 0.347 e. The van der Waals surface area contributed by atoms with Crippen molar-refractivity contribution in [3.8, 4) is 0 Å². The number of thiophene rings is 1. The molecular weight excluding hydrogens is 337 g/mol. The number of amides is 1. The predicted octanol–water partition coefficient (Wildman–Crippen LogP) is 3.05. The van der Waals surface area contributed by atoms with Gasteiger partial charge in [-0.15, -0.1) is 11.3 Å². The third-order valence-corrected chi connectivity index (χ3v) is 5.92. The van der Waals surface area contributed by atoms with Gasteiger partial charge in [0.1, 0.15) is 10.0 Å². The van der Waals surface area contributed by atoms with Crippen LogP contribution in [-0.4, -0.2) is 14.3 Å². The number of benzene rings is 1. The number of carbonyl (C=O) groups is 1. The predicted molar refractivity (Wildman–Crippen MR) is 79.7 cm³/mol. The van der Waals surface area contributed by atoms with Crippen LogP contribution >= 0.6 is 22.0 Å². The van der Waals surface area contributed by atoms with E-state index in [0.29, 0.717) is 10.4 Å². The monoisotopic (exact) mass is 347 g/mol. The van der Waals surface area contributed by atoms with E-state index in [9.17, 15) is 17.6 Å². The number of carbonyl (C=O) groups excluding carboxylic acids is 1. The highest BCUT2D eigenvalue weighted by atomic mass is 35.7. The van der Waals surface area contributed by atoms with Crippen LogP contribution in [0.1, 0.15) is 20.8 Å². The van der Waals surface area contributed by atoms with Gasteiger partial charge in [-0.1, -0.05) is 6.07 Å². The first-order valence-electron chi connectivity index (χ1n) is 5.85. The molecule has 1 N–H and O–H groups in total. The van der Waals surface area contributed by atoms with Crippen LogP contribution in [0.4, 0.5) is 4.39 Å². The van der Waals surface area contributed by atoms with Crippen molar-refractivity contribution in [3.05, 3.63) is 52.2 Å². The molecule has 8 heteroatoms. The summed E-state index contributed by atoms with van der Waals surface area (Å²) in [5.74, 6) is -0.909. The van der Waals surface area contributed by atoms with Gasteiger partial charge in [0, 0.05) is 21.1 Å². The zero-order valence-electron chi connectivity index (χ0n) is 10.9. The van der Waals surface area contributed by atoms with E-state index in [1.54, 1.807) is 13.0 Å². The lowest BCUT2D eigenvalue weighted by molar-refractivity contribution is 0.0950. The van der Waals surface area contributed by atoms with Crippen molar-refractivity contribution >= 4 is 37.0 Å². The van der Waals surface area contributed by atoms with Crippen molar-refractivity contribution < 1.29 is 17.6 Å². The third kappa shape index (κ3) is 4.03. The molecule has 2 aromatic rings. The fourth-order valence-electron chi connectivity index (χ4n) is 1.69. The van der Waals surface area contributed by atoms with Gasteiger partial charge in [-0.2, -0.15) is 0 Å². The van der Waals surface area contributed by atoms with E-state index in [1.165, 1.54) is 18.2 Å². The third-order valence-electron chi connectivity index (χ3n) is 2.74. The summed E-state index contributed by atoms with van der Waals surface area (Å²) in [5, 5.41) is 2.61. The molecule has 1 amide bonds. The zero-order chi connectivity index (χ0) is 15.6. The lowest BCUT2D eigenvalue weighted by Gasteiger charge is -2.06. The Morgan fingerprint density at radius 3 is 2.67 bits per heavy atom. The first-order chi connectivity index (χ1) is 9.77. The molecule has 0 aliphatic heterocycles.